The van der Waals surface area contributed by atoms with Crippen molar-refractivity contribution in [2.24, 2.45) is 17.3 Å². The van der Waals surface area contributed by atoms with Crippen LogP contribution in [0.1, 0.15) is 88.2 Å². The molecule has 166 valence electrons. The number of hydrogen-bond acceptors (Lipinski definition) is 2. The van der Waals surface area contributed by atoms with Crippen molar-refractivity contribution in [2.45, 2.75) is 89.1 Å². The van der Waals surface area contributed by atoms with E-state index in [9.17, 15) is 9.90 Å². The van der Waals surface area contributed by atoms with Crippen LogP contribution in [0.3, 0.4) is 0 Å². The summed E-state index contributed by atoms with van der Waals surface area (Å²) in [6.45, 7) is 5.52. The number of H-pyrrole nitrogens is 1. The fraction of sp³-hybridized carbons (Fsp3) is 0.667. The Morgan fingerprint density at radius 2 is 1.94 bits per heavy atom. The molecular weight excluding hydrogens is 384 g/mol. The van der Waals surface area contributed by atoms with E-state index in [2.05, 4.69) is 41.2 Å². The number of aromatic nitrogens is 1. The third kappa shape index (κ3) is 3.16. The lowest BCUT2D eigenvalue weighted by Crippen LogP contribution is -2.63. The lowest BCUT2D eigenvalue weighted by molar-refractivity contribution is -0.163. The molecule has 4 unspecified atom stereocenters. The molecule has 2 saturated heterocycles. The lowest BCUT2D eigenvalue weighted by atomic mass is 9.51. The Kier molecular flexibility index (Phi) is 4.54. The molecule has 2 aliphatic heterocycles. The summed E-state index contributed by atoms with van der Waals surface area (Å²) in [5, 5.41) is 11.2. The van der Waals surface area contributed by atoms with Gasteiger partial charge in [0.15, 0.2) is 0 Å². The number of carboxylic acids is 1. The van der Waals surface area contributed by atoms with E-state index in [1.54, 1.807) is 5.56 Å². The van der Waals surface area contributed by atoms with Gasteiger partial charge in [0, 0.05) is 29.2 Å². The average Bonchev–Trinajstić information content (AvgIpc) is 3.49. The largest absolute Gasteiger partial charge is 0.481 e. The Bertz CT molecular complexity index is 990. The van der Waals surface area contributed by atoms with Gasteiger partial charge in [-0.15, -0.1) is 0 Å². The van der Waals surface area contributed by atoms with E-state index in [0.29, 0.717) is 18.0 Å². The summed E-state index contributed by atoms with van der Waals surface area (Å²) < 4.78 is 0. The van der Waals surface area contributed by atoms with Crippen LogP contribution in [0.15, 0.2) is 24.4 Å². The van der Waals surface area contributed by atoms with Gasteiger partial charge in [0.1, 0.15) is 0 Å². The molecule has 3 saturated carbocycles. The molecule has 4 bridgehead atoms. The van der Waals surface area contributed by atoms with Gasteiger partial charge in [0.05, 0.1) is 5.92 Å². The standard InChI is InChI=1S/C27H36N2O2/c1-16(23-15-28-24-5-3-4-22(25(23)24)19-6-7-19)8-9-29-20-10-18-11-21(29)14-27(12-18,13-20)17(2)26(30)31/h3-5,15-21,28H,6-14H2,1-2H3,(H,30,31). The van der Waals surface area contributed by atoms with E-state index in [-0.39, 0.29) is 11.3 Å². The minimum atomic E-state index is -0.590. The molecular formula is C27H36N2O2. The number of nitrogens with zero attached hydrogens (tertiary/aromatic N) is 1. The molecule has 0 radical (unpaired) electrons. The van der Waals surface area contributed by atoms with Gasteiger partial charge in [-0.25, -0.2) is 0 Å². The number of piperidine rings is 2. The van der Waals surface area contributed by atoms with Crippen LogP contribution in [-0.4, -0.2) is 39.6 Å². The predicted molar refractivity (Wildman–Crippen MR) is 123 cm³/mol. The second-order valence-electron chi connectivity index (χ2n) is 11.4. The first-order chi connectivity index (χ1) is 14.9. The van der Waals surface area contributed by atoms with Crippen molar-refractivity contribution in [3.8, 4) is 0 Å². The fourth-order valence-electron chi connectivity index (χ4n) is 7.79. The Labute approximate surface area is 185 Å². The summed E-state index contributed by atoms with van der Waals surface area (Å²) in [5.74, 6) is 1.27. The van der Waals surface area contributed by atoms with Gasteiger partial charge in [-0.05, 0) is 98.3 Å². The molecule has 5 fully saturated rings. The smallest absolute Gasteiger partial charge is 0.306 e. The third-order valence-electron chi connectivity index (χ3n) is 9.55. The van der Waals surface area contributed by atoms with Crippen molar-refractivity contribution in [3.05, 3.63) is 35.5 Å². The second kappa shape index (κ2) is 7.10. The number of rotatable bonds is 7. The van der Waals surface area contributed by atoms with Gasteiger partial charge in [0.25, 0.3) is 0 Å². The van der Waals surface area contributed by atoms with Crippen LogP contribution < -0.4 is 0 Å². The van der Waals surface area contributed by atoms with Crippen molar-refractivity contribution in [1.29, 1.82) is 0 Å². The van der Waals surface area contributed by atoms with Gasteiger partial charge in [-0.1, -0.05) is 26.0 Å². The van der Waals surface area contributed by atoms with Crippen LogP contribution in [0.4, 0.5) is 0 Å². The topological polar surface area (TPSA) is 56.3 Å². The van der Waals surface area contributed by atoms with E-state index < -0.39 is 5.97 Å². The van der Waals surface area contributed by atoms with Gasteiger partial charge >= 0.3 is 5.97 Å². The molecule has 2 aromatic rings. The number of aliphatic carboxylic acids is 1. The Morgan fingerprint density at radius 3 is 2.61 bits per heavy atom. The molecule has 3 aliphatic carbocycles. The van der Waals surface area contributed by atoms with Crippen LogP contribution in [0, 0.1) is 17.3 Å². The van der Waals surface area contributed by atoms with Crippen LogP contribution in [0.25, 0.3) is 10.9 Å². The van der Waals surface area contributed by atoms with Gasteiger partial charge in [-0.2, -0.15) is 0 Å². The lowest BCUT2D eigenvalue weighted by Gasteiger charge is -2.63. The van der Waals surface area contributed by atoms with Crippen LogP contribution in [0.2, 0.25) is 0 Å². The molecule has 4 heteroatoms. The highest BCUT2D eigenvalue weighted by atomic mass is 16.4. The first-order valence-electron chi connectivity index (χ1n) is 12.5. The highest BCUT2D eigenvalue weighted by molar-refractivity contribution is 5.88. The van der Waals surface area contributed by atoms with E-state index in [4.69, 9.17) is 0 Å². The van der Waals surface area contributed by atoms with Crippen LogP contribution >= 0.6 is 0 Å². The van der Waals surface area contributed by atoms with Crippen molar-refractivity contribution in [2.75, 3.05) is 6.54 Å². The number of benzene rings is 1. The summed E-state index contributed by atoms with van der Waals surface area (Å²) in [7, 11) is 0. The normalized spacial score (nSPS) is 34.3. The van der Waals surface area contributed by atoms with Gasteiger partial charge in [0.2, 0.25) is 0 Å². The van der Waals surface area contributed by atoms with Crippen molar-refractivity contribution in [3.63, 3.8) is 0 Å². The van der Waals surface area contributed by atoms with E-state index in [1.807, 2.05) is 6.92 Å². The minimum absolute atomic E-state index is 0.0560. The molecule has 1 aromatic heterocycles. The van der Waals surface area contributed by atoms with Crippen molar-refractivity contribution in [1.82, 2.24) is 9.88 Å². The first kappa shape index (κ1) is 19.8. The quantitative estimate of drug-likeness (QED) is 0.587. The highest BCUT2D eigenvalue weighted by Gasteiger charge is 2.57. The highest BCUT2D eigenvalue weighted by Crippen LogP contribution is 2.59. The summed E-state index contributed by atoms with van der Waals surface area (Å²) >= 11 is 0. The average molecular weight is 421 g/mol. The Hall–Kier alpha value is -1.81. The zero-order chi connectivity index (χ0) is 21.3. The minimum Gasteiger partial charge on any atom is -0.481 e. The third-order valence-corrected chi connectivity index (χ3v) is 9.55. The molecule has 4 atom stereocenters. The number of aromatic amines is 1. The van der Waals surface area contributed by atoms with Gasteiger partial charge < -0.3 is 10.1 Å². The Morgan fingerprint density at radius 1 is 1.19 bits per heavy atom. The van der Waals surface area contributed by atoms with Crippen LogP contribution in [0.5, 0.6) is 0 Å². The Balaban J connectivity index is 1.19. The van der Waals surface area contributed by atoms with Crippen molar-refractivity contribution < 1.29 is 9.90 Å². The van der Waals surface area contributed by atoms with Crippen LogP contribution in [-0.2, 0) is 4.79 Å². The number of carboxylic acid groups (broad SMARTS) is 1. The predicted octanol–water partition coefficient (Wildman–Crippen LogP) is 5.89. The zero-order valence-corrected chi connectivity index (χ0v) is 18.9. The maximum Gasteiger partial charge on any atom is 0.306 e. The van der Waals surface area contributed by atoms with E-state index >= 15 is 0 Å². The van der Waals surface area contributed by atoms with E-state index in [0.717, 1.165) is 37.6 Å². The first-order valence-corrected chi connectivity index (χ1v) is 12.5. The summed E-state index contributed by atoms with van der Waals surface area (Å²) in [6, 6.07) is 7.97. The molecule has 4 nitrogen and oxygen atoms in total. The molecule has 5 aliphatic rings. The van der Waals surface area contributed by atoms with Crippen molar-refractivity contribution >= 4 is 16.9 Å². The van der Waals surface area contributed by atoms with E-state index in [1.165, 1.54) is 48.6 Å². The maximum absolute atomic E-state index is 11.8. The molecule has 3 heterocycles. The molecule has 0 amide bonds. The summed E-state index contributed by atoms with van der Waals surface area (Å²) in [6.07, 6.45) is 12.1. The number of hydrogen-bond donors (Lipinski definition) is 2. The molecule has 7 rings (SSSR count). The maximum atomic E-state index is 11.8. The SMILES string of the molecule is CC(CCN1C2CC3CC1CC(C(C)C(=O)O)(C3)C2)c1c[nH]c2cccc(C3CC3)c12. The number of fused-ring (bicyclic) bond motifs is 1. The number of nitrogens with one attached hydrogen (secondary N) is 1. The second-order valence-corrected chi connectivity index (χ2v) is 11.4. The fourth-order valence-corrected chi connectivity index (χ4v) is 7.79. The molecule has 0 spiro atoms. The molecule has 1 aromatic carbocycles. The zero-order valence-electron chi connectivity index (χ0n) is 18.9. The number of carbonyl (C=O) groups is 1. The summed E-state index contributed by atoms with van der Waals surface area (Å²) in [5.41, 5.74) is 4.41. The monoisotopic (exact) mass is 420 g/mol. The van der Waals surface area contributed by atoms with Gasteiger partial charge in [-0.3, -0.25) is 9.69 Å². The molecule has 31 heavy (non-hydrogen) atoms. The molecule has 2 N–H and O–H groups in total. The summed E-state index contributed by atoms with van der Waals surface area (Å²) in [4.78, 5) is 18.1.